The minimum Gasteiger partial charge on any atom is -0.368 e. The molecule has 1 fully saturated rings. The third-order valence-corrected chi connectivity index (χ3v) is 5.80. The Morgan fingerprint density at radius 3 is 2.03 bits per heavy atom. The Kier molecular flexibility index (Phi) is 5.42. The van der Waals surface area contributed by atoms with Gasteiger partial charge in [-0.3, -0.25) is 4.79 Å². The van der Waals surface area contributed by atoms with E-state index < -0.39 is 0 Å². The number of benzene rings is 3. The van der Waals surface area contributed by atoms with E-state index in [1.807, 2.05) is 84.6 Å². The Labute approximate surface area is 187 Å². The molecular weight excluding hydrogens is 398 g/mol. The Morgan fingerprint density at radius 1 is 0.750 bits per heavy atom. The molecule has 3 aromatic carbocycles. The van der Waals surface area contributed by atoms with Crippen LogP contribution in [0.2, 0.25) is 0 Å². The molecule has 0 saturated carbocycles. The van der Waals surface area contributed by atoms with Crippen LogP contribution >= 0.6 is 0 Å². The van der Waals surface area contributed by atoms with Crippen molar-refractivity contribution in [2.75, 3.05) is 31.1 Å². The number of aryl methyl sites for hydroxylation is 1. The molecule has 1 saturated heterocycles. The van der Waals surface area contributed by atoms with Crippen molar-refractivity contribution >= 4 is 11.6 Å². The molecule has 1 aliphatic rings. The lowest BCUT2D eigenvalue weighted by atomic mass is 10.2. The number of aromatic nitrogens is 3. The Balaban J connectivity index is 1.41. The molecule has 160 valence electrons. The number of anilines is 1. The predicted octanol–water partition coefficient (Wildman–Crippen LogP) is 4.21. The third-order valence-electron chi connectivity index (χ3n) is 5.80. The quantitative estimate of drug-likeness (QED) is 0.494. The van der Waals surface area contributed by atoms with Gasteiger partial charge in [-0.1, -0.05) is 66.2 Å². The van der Waals surface area contributed by atoms with Crippen LogP contribution in [-0.4, -0.2) is 51.8 Å². The van der Waals surface area contributed by atoms with E-state index >= 15 is 0 Å². The van der Waals surface area contributed by atoms with Gasteiger partial charge in [0, 0.05) is 37.4 Å². The standard InChI is InChI=1S/C26H25N5O/c1-20-12-14-23(15-13-20)31-25(21-8-4-2-5-9-21)27-24(28-31)26(32)30-18-16-29(17-19-30)22-10-6-3-7-11-22/h2-15H,16-19H2,1H3. The topological polar surface area (TPSA) is 54.3 Å². The second-order valence-electron chi connectivity index (χ2n) is 7.99. The molecule has 0 N–H and O–H groups in total. The number of rotatable bonds is 4. The van der Waals surface area contributed by atoms with Crippen molar-refractivity contribution < 1.29 is 4.79 Å². The summed E-state index contributed by atoms with van der Waals surface area (Å²) in [7, 11) is 0. The lowest BCUT2D eigenvalue weighted by Gasteiger charge is -2.35. The second kappa shape index (κ2) is 8.67. The zero-order valence-corrected chi connectivity index (χ0v) is 18.1. The van der Waals surface area contributed by atoms with Gasteiger partial charge < -0.3 is 9.80 Å². The first-order valence-electron chi connectivity index (χ1n) is 10.9. The smallest absolute Gasteiger partial charge is 0.293 e. The van der Waals surface area contributed by atoms with Crippen LogP contribution in [0.4, 0.5) is 5.69 Å². The van der Waals surface area contributed by atoms with Crippen molar-refractivity contribution in [3.8, 4) is 17.1 Å². The first kappa shape index (κ1) is 20.0. The predicted molar refractivity (Wildman–Crippen MR) is 126 cm³/mol. The second-order valence-corrected chi connectivity index (χ2v) is 7.99. The normalized spacial score (nSPS) is 13.9. The van der Waals surface area contributed by atoms with E-state index in [1.165, 1.54) is 11.3 Å². The molecule has 6 heteroatoms. The van der Waals surface area contributed by atoms with Gasteiger partial charge in [-0.25, -0.2) is 9.67 Å². The van der Waals surface area contributed by atoms with E-state index in [2.05, 4.69) is 27.1 Å². The van der Waals surface area contributed by atoms with E-state index in [0.29, 0.717) is 18.9 Å². The van der Waals surface area contributed by atoms with E-state index in [9.17, 15) is 4.79 Å². The molecule has 0 aliphatic carbocycles. The largest absolute Gasteiger partial charge is 0.368 e. The average Bonchev–Trinajstić information content (AvgIpc) is 3.31. The van der Waals surface area contributed by atoms with Gasteiger partial charge in [-0.05, 0) is 31.2 Å². The highest BCUT2D eigenvalue weighted by Crippen LogP contribution is 2.22. The molecule has 2 heterocycles. The number of para-hydroxylation sites is 1. The number of piperazine rings is 1. The highest BCUT2D eigenvalue weighted by molar-refractivity contribution is 5.91. The van der Waals surface area contributed by atoms with Crippen LogP contribution in [0.5, 0.6) is 0 Å². The summed E-state index contributed by atoms with van der Waals surface area (Å²) in [5.41, 5.74) is 4.17. The summed E-state index contributed by atoms with van der Waals surface area (Å²) in [6.45, 7) is 4.92. The van der Waals surface area contributed by atoms with Crippen LogP contribution in [-0.2, 0) is 0 Å². The highest BCUT2D eigenvalue weighted by atomic mass is 16.2. The summed E-state index contributed by atoms with van der Waals surface area (Å²) < 4.78 is 1.77. The molecule has 0 radical (unpaired) electrons. The molecule has 1 aromatic heterocycles. The number of hydrogen-bond donors (Lipinski definition) is 0. The van der Waals surface area contributed by atoms with Crippen LogP contribution < -0.4 is 4.90 Å². The maximum atomic E-state index is 13.3. The van der Waals surface area contributed by atoms with Crippen molar-refractivity contribution in [3.63, 3.8) is 0 Å². The summed E-state index contributed by atoms with van der Waals surface area (Å²) in [6.07, 6.45) is 0. The lowest BCUT2D eigenvalue weighted by Crippen LogP contribution is -2.49. The number of amides is 1. The van der Waals surface area contributed by atoms with E-state index in [1.54, 1.807) is 4.68 Å². The summed E-state index contributed by atoms with van der Waals surface area (Å²) >= 11 is 0. The van der Waals surface area contributed by atoms with Crippen molar-refractivity contribution in [1.29, 1.82) is 0 Å². The third kappa shape index (κ3) is 3.99. The van der Waals surface area contributed by atoms with Crippen molar-refractivity contribution in [3.05, 3.63) is 96.3 Å². The fraction of sp³-hybridized carbons (Fsp3) is 0.192. The van der Waals surface area contributed by atoms with Gasteiger partial charge in [0.2, 0.25) is 5.82 Å². The molecule has 32 heavy (non-hydrogen) atoms. The first-order valence-corrected chi connectivity index (χ1v) is 10.9. The van der Waals surface area contributed by atoms with Crippen LogP contribution in [0.15, 0.2) is 84.9 Å². The van der Waals surface area contributed by atoms with Gasteiger partial charge in [-0.2, -0.15) is 0 Å². The van der Waals surface area contributed by atoms with Gasteiger partial charge in [0.1, 0.15) is 0 Å². The molecule has 0 unspecified atom stereocenters. The number of carbonyl (C=O) groups is 1. The average molecular weight is 424 g/mol. The molecule has 0 spiro atoms. The van der Waals surface area contributed by atoms with Crippen LogP contribution in [0.1, 0.15) is 16.2 Å². The highest BCUT2D eigenvalue weighted by Gasteiger charge is 2.26. The minimum absolute atomic E-state index is 0.124. The fourth-order valence-corrected chi connectivity index (χ4v) is 3.99. The first-order chi connectivity index (χ1) is 15.7. The Bertz CT molecular complexity index is 1190. The summed E-state index contributed by atoms with van der Waals surface area (Å²) in [4.78, 5) is 22.1. The Morgan fingerprint density at radius 2 is 1.38 bits per heavy atom. The summed E-state index contributed by atoms with van der Waals surface area (Å²) in [5, 5.41) is 4.64. The van der Waals surface area contributed by atoms with Gasteiger partial charge in [-0.15, -0.1) is 5.10 Å². The summed E-state index contributed by atoms with van der Waals surface area (Å²) in [5.74, 6) is 0.777. The molecular formula is C26H25N5O. The monoisotopic (exact) mass is 423 g/mol. The maximum Gasteiger partial charge on any atom is 0.293 e. The molecule has 1 aliphatic heterocycles. The number of carbonyl (C=O) groups excluding carboxylic acids is 1. The van der Waals surface area contributed by atoms with E-state index in [0.717, 1.165) is 24.3 Å². The molecule has 0 bridgehead atoms. The zero-order valence-electron chi connectivity index (χ0n) is 18.1. The van der Waals surface area contributed by atoms with Gasteiger partial charge in [0.15, 0.2) is 5.82 Å². The van der Waals surface area contributed by atoms with Crippen molar-refractivity contribution in [1.82, 2.24) is 19.7 Å². The number of hydrogen-bond acceptors (Lipinski definition) is 4. The zero-order chi connectivity index (χ0) is 21.9. The van der Waals surface area contributed by atoms with Crippen molar-refractivity contribution in [2.24, 2.45) is 0 Å². The molecule has 0 atom stereocenters. The number of nitrogens with zero attached hydrogens (tertiary/aromatic N) is 5. The van der Waals surface area contributed by atoms with Gasteiger partial charge >= 0.3 is 0 Å². The fourth-order valence-electron chi connectivity index (χ4n) is 3.99. The van der Waals surface area contributed by atoms with Crippen molar-refractivity contribution in [2.45, 2.75) is 6.92 Å². The van der Waals surface area contributed by atoms with Crippen LogP contribution in [0.3, 0.4) is 0 Å². The lowest BCUT2D eigenvalue weighted by molar-refractivity contribution is 0.0734. The van der Waals surface area contributed by atoms with Gasteiger partial charge in [0.25, 0.3) is 5.91 Å². The van der Waals surface area contributed by atoms with Gasteiger partial charge in [0.05, 0.1) is 5.69 Å². The van der Waals surface area contributed by atoms with Crippen LogP contribution in [0.25, 0.3) is 17.1 Å². The molecule has 1 amide bonds. The molecule has 4 aromatic rings. The molecule has 5 rings (SSSR count). The minimum atomic E-state index is -0.124. The Hall–Kier alpha value is -3.93. The SMILES string of the molecule is Cc1ccc(-n2nc(C(=O)N3CCN(c4ccccc4)CC3)nc2-c2ccccc2)cc1. The summed E-state index contributed by atoms with van der Waals surface area (Å²) in [6, 6.07) is 28.3. The van der Waals surface area contributed by atoms with E-state index in [4.69, 9.17) is 0 Å². The molecule has 6 nitrogen and oxygen atoms in total. The van der Waals surface area contributed by atoms with E-state index in [-0.39, 0.29) is 11.7 Å². The van der Waals surface area contributed by atoms with Crippen LogP contribution in [0, 0.1) is 6.92 Å². The maximum absolute atomic E-state index is 13.3.